The van der Waals surface area contributed by atoms with E-state index >= 15 is 0 Å². The van der Waals surface area contributed by atoms with Crippen LogP contribution in [-0.2, 0) is 10.0 Å². The molecule has 0 aromatic heterocycles. The molecule has 3 nitrogen and oxygen atoms in total. The maximum atomic E-state index is 13.5. The number of alkyl halides is 1. The minimum Gasteiger partial charge on any atom is -0.211 e. The van der Waals surface area contributed by atoms with E-state index in [1.54, 1.807) is 0 Å². The molecule has 0 bridgehead atoms. The lowest BCUT2D eigenvalue weighted by Gasteiger charge is -2.18. The Morgan fingerprint density at radius 3 is 2.65 bits per heavy atom. The maximum absolute atomic E-state index is 13.5. The van der Waals surface area contributed by atoms with Crippen LogP contribution < -0.4 is 4.72 Å². The van der Waals surface area contributed by atoms with Crippen LogP contribution in [0.4, 0.5) is 8.78 Å². The summed E-state index contributed by atoms with van der Waals surface area (Å²) in [6, 6.07) is 2.42. The Balaban J connectivity index is 2.09. The first-order valence-electron chi connectivity index (χ1n) is 6.44. The molecule has 0 aliphatic heterocycles. The molecule has 0 saturated heterocycles. The zero-order valence-corrected chi connectivity index (χ0v) is 13.2. The van der Waals surface area contributed by atoms with Gasteiger partial charge in [-0.1, -0.05) is 22.4 Å². The fourth-order valence-corrected chi connectivity index (χ4v) is 4.60. The molecule has 1 saturated carbocycles. The Morgan fingerprint density at radius 1 is 1.25 bits per heavy atom. The second-order valence-corrected chi connectivity index (χ2v) is 7.41. The molecular weight excluding hydrogens is 352 g/mol. The van der Waals surface area contributed by atoms with Crippen molar-refractivity contribution in [1.82, 2.24) is 4.72 Å². The monoisotopic (exact) mass is 367 g/mol. The van der Waals surface area contributed by atoms with Crippen LogP contribution >= 0.6 is 15.9 Å². The van der Waals surface area contributed by atoms with Gasteiger partial charge in [0.25, 0.3) is 0 Å². The van der Waals surface area contributed by atoms with Crippen molar-refractivity contribution in [3.63, 3.8) is 0 Å². The number of hydrogen-bond donors (Lipinski definition) is 1. The number of benzene rings is 1. The number of hydrogen-bond acceptors (Lipinski definition) is 2. The van der Waals surface area contributed by atoms with E-state index in [-0.39, 0.29) is 12.5 Å². The van der Waals surface area contributed by atoms with E-state index in [4.69, 9.17) is 0 Å². The average molecular weight is 368 g/mol. The van der Waals surface area contributed by atoms with Gasteiger partial charge in [0, 0.05) is 11.9 Å². The van der Waals surface area contributed by atoms with Gasteiger partial charge in [-0.2, -0.15) is 0 Å². The van der Waals surface area contributed by atoms with Crippen LogP contribution in [-0.4, -0.2) is 20.3 Å². The average Bonchev–Trinajstić information content (AvgIpc) is 2.86. The summed E-state index contributed by atoms with van der Waals surface area (Å²) in [6.45, 7) is 0.258. The molecule has 1 aromatic carbocycles. The topological polar surface area (TPSA) is 46.2 Å². The third-order valence-electron chi connectivity index (χ3n) is 3.73. The molecule has 0 heterocycles. The van der Waals surface area contributed by atoms with Crippen molar-refractivity contribution >= 4 is 26.0 Å². The summed E-state index contributed by atoms with van der Waals surface area (Å²) in [7, 11) is -4.01. The highest BCUT2D eigenvalue weighted by atomic mass is 79.9. The quantitative estimate of drug-likeness (QED) is 0.812. The smallest absolute Gasteiger partial charge is 0.211 e. The van der Waals surface area contributed by atoms with Crippen molar-refractivity contribution in [2.45, 2.75) is 24.2 Å². The van der Waals surface area contributed by atoms with Crippen LogP contribution in [0, 0.1) is 23.5 Å². The van der Waals surface area contributed by atoms with Crippen molar-refractivity contribution in [3.05, 3.63) is 29.8 Å². The molecular formula is C13H16BrF2NO2S. The highest BCUT2D eigenvalue weighted by Crippen LogP contribution is 2.32. The van der Waals surface area contributed by atoms with Crippen LogP contribution in [0.3, 0.4) is 0 Å². The molecule has 0 amide bonds. The SMILES string of the molecule is O=S(=O)(NCC1CCCC1CBr)c1cc(F)ccc1F. The molecule has 2 unspecified atom stereocenters. The van der Waals surface area contributed by atoms with Crippen LogP contribution in [0.5, 0.6) is 0 Å². The summed E-state index contributed by atoms with van der Waals surface area (Å²) in [5.41, 5.74) is 0. The van der Waals surface area contributed by atoms with Crippen molar-refractivity contribution in [1.29, 1.82) is 0 Å². The lowest BCUT2D eigenvalue weighted by Crippen LogP contribution is -2.31. The molecule has 1 aliphatic carbocycles. The predicted molar refractivity (Wildman–Crippen MR) is 76.2 cm³/mol. The van der Waals surface area contributed by atoms with Crippen molar-refractivity contribution < 1.29 is 17.2 Å². The number of rotatable bonds is 5. The summed E-state index contributed by atoms with van der Waals surface area (Å²) < 4.78 is 53.0. The highest BCUT2D eigenvalue weighted by Gasteiger charge is 2.28. The first-order valence-corrected chi connectivity index (χ1v) is 9.05. The molecule has 2 rings (SSSR count). The van der Waals surface area contributed by atoms with Crippen LogP contribution in [0.15, 0.2) is 23.1 Å². The van der Waals surface area contributed by atoms with Crippen molar-refractivity contribution in [2.24, 2.45) is 11.8 Å². The molecule has 0 radical (unpaired) electrons. The Labute approximate surface area is 125 Å². The van der Waals surface area contributed by atoms with Gasteiger partial charge in [-0.05, 0) is 42.9 Å². The van der Waals surface area contributed by atoms with Gasteiger partial charge in [0.15, 0.2) is 0 Å². The van der Waals surface area contributed by atoms with Gasteiger partial charge in [-0.25, -0.2) is 21.9 Å². The van der Waals surface area contributed by atoms with E-state index in [9.17, 15) is 17.2 Å². The fraction of sp³-hybridized carbons (Fsp3) is 0.538. The normalized spacial score (nSPS) is 23.1. The van der Waals surface area contributed by atoms with Gasteiger partial charge in [0.2, 0.25) is 10.0 Å². The summed E-state index contributed by atoms with van der Waals surface area (Å²) in [6.07, 6.45) is 3.08. The lowest BCUT2D eigenvalue weighted by atomic mass is 9.99. The zero-order valence-electron chi connectivity index (χ0n) is 10.8. The van der Waals surface area contributed by atoms with E-state index < -0.39 is 26.6 Å². The third-order valence-corrected chi connectivity index (χ3v) is 6.00. The van der Waals surface area contributed by atoms with Gasteiger partial charge in [-0.15, -0.1) is 0 Å². The molecule has 1 N–H and O–H groups in total. The Morgan fingerprint density at radius 2 is 1.95 bits per heavy atom. The van der Waals surface area contributed by atoms with E-state index in [1.165, 1.54) is 0 Å². The molecule has 112 valence electrons. The molecule has 1 fully saturated rings. The Bertz CT molecular complexity index is 580. The van der Waals surface area contributed by atoms with Crippen LogP contribution in [0.1, 0.15) is 19.3 Å². The maximum Gasteiger partial charge on any atom is 0.243 e. The largest absolute Gasteiger partial charge is 0.243 e. The van der Waals surface area contributed by atoms with Crippen LogP contribution in [0.25, 0.3) is 0 Å². The molecule has 1 aromatic rings. The predicted octanol–water partition coefficient (Wildman–Crippen LogP) is 3.05. The molecule has 2 atom stereocenters. The number of halogens is 3. The second kappa shape index (κ2) is 6.49. The highest BCUT2D eigenvalue weighted by molar-refractivity contribution is 9.09. The molecule has 20 heavy (non-hydrogen) atoms. The summed E-state index contributed by atoms with van der Waals surface area (Å²) in [5.74, 6) is -1.05. The first kappa shape index (κ1) is 15.9. The summed E-state index contributed by atoms with van der Waals surface area (Å²) in [4.78, 5) is -0.633. The zero-order chi connectivity index (χ0) is 14.8. The summed E-state index contributed by atoms with van der Waals surface area (Å²) in [5, 5.41) is 0.827. The minimum atomic E-state index is -4.01. The van der Waals surface area contributed by atoms with E-state index in [2.05, 4.69) is 20.7 Å². The van der Waals surface area contributed by atoms with Gasteiger partial charge >= 0.3 is 0 Å². The minimum absolute atomic E-state index is 0.237. The Kier molecular flexibility index (Phi) is 5.14. The van der Waals surface area contributed by atoms with E-state index in [0.29, 0.717) is 12.0 Å². The molecule has 7 heteroatoms. The summed E-state index contributed by atoms with van der Waals surface area (Å²) >= 11 is 3.42. The molecule has 0 spiro atoms. The van der Waals surface area contributed by atoms with Gasteiger partial charge in [0.05, 0.1) is 0 Å². The van der Waals surface area contributed by atoms with Crippen molar-refractivity contribution in [2.75, 3.05) is 11.9 Å². The standard InChI is InChI=1S/C13H16BrF2NO2S/c14-7-9-2-1-3-10(9)8-17-20(18,19)13-6-11(15)4-5-12(13)16/h4-6,9-10,17H,1-3,7-8H2. The molecule has 1 aliphatic rings. The van der Waals surface area contributed by atoms with E-state index in [1.807, 2.05) is 0 Å². The van der Waals surface area contributed by atoms with Gasteiger partial charge < -0.3 is 0 Å². The first-order chi connectivity index (χ1) is 9.44. The Hall–Kier alpha value is -0.530. The van der Waals surface area contributed by atoms with E-state index in [0.717, 1.165) is 36.7 Å². The number of nitrogens with one attached hydrogen (secondary N) is 1. The number of sulfonamides is 1. The fourth-order valence-electron chi connectivity index (χ4n) is 2.56. The second-order valence-electron chi connectivity index (χ2n) is 5.03. The third kappa shape index (κ3) is 3.56. The van der Waals surface area contributed by atoms with Crippen molar-refractivity contribution in [3.8, 4) is 0 Å². The van der Waals surface area contributed by atoms with Crippen LogP contribution in [0.2, 0.25) is 0 Å². The van der Waals surface area contributed by atoms with Gasteiger partial charge in [-0.3, -0.25) is 0 Å². The van der Waals surface area contributed by atoms with Gasteiger partial charge in [0.1, 0.15) is 16.5 Å². The lowest BCUT2D eigenvalue weighted by molar-refractivity contribution is 0.421.